The van der Waals surface area contributed by atoms with E-state index in [1.807, 2.05) is 18.2 Å². The van der Waals surface area contributed by atoms with Crippen LogP contribution in [0.2, 0.25) is 5.02 Å². The number of methoxy groups -OCH3 is 1. The highest BCUT2D eigenvalue weighted by molar-refractivity contribution is 6.30. The summed E-state index contributed by atoms with van der Waals surface area (Å²) in [4.78, 5) is 10.8. The van der Waals surface area contributed by atoms with Gasteiger partial charge in [-0.15, -0.1) is 0 Å². The van der Waals surface area contributed by atoms with E-state index >= 15 is 0 Å². The number of ether oxygens (including phenoxy) is 1. The first kappa shape index (κ1) is 18.9. The number of aldehydes is 1. The molecule has 5 nitrogen and oxygen atoms in total. The van der Waals surface area contributed by atoms with Gasteiger partial charge in [0.25, 0.3) is 0 Å². The number of carbonyl (C=O) groups excluding carboxylic acids is 1. The fraction of sp³-hybridized carbons (Fsp3) is 0.353. The average Bonchev–Trinajstić information content (AvgIpc) is 2.97. The third-order valence-corrected chi connectivity index (χ3v) is 3.21. The molecule has 0 amide bonds. The number of carbonyl (C=O) groups is 1. The Balaban J connectivity index is 0.000000379. The molecule has 0 aliphatic rings. The minimum Gasteiger partial charge on any atom is -0.385 e. The molecule has 1 heterocycles. The number of halogens is 1. The maximum absolute atomic E-state index is 10.8. The molecule has 0 radical (unpaired) electrons. The van der Waals surface area contributed by atoms with Crippen molar-refractivity contribution in [3.8, 4) is 17.3 Å². The summed E-state index contributed by atoms with van der Waals surface area (Å²) in [6.45, 7) is 3.12. The Bertz CT molecular complexity index is 658. The van der Waals surface area contributed by atoms with Crippen molar-refractivity contribution in [2.45, 2.75) is 26.3 Å². The van der Waals surface area contributed by atoms with Gasteiger partial charge in [-0.25, -0.2) is 4.68 Å². The molecular formula is C17H20ClN3O2. The first-order chi connectivity index (χ1) is 11.2. The lowest BCUT2D eigenvalue weighted by molar-refractivity contribution is 0.111. The van der Waals surface area contributed by atoms with Crippen molar-refractivity contribution in [1.29, 1.82) is 5.26 Å². The number of hydrogen-bond acceptors (Lipinski definition) is 4. The number of nitriles is 1. The van der Waals surface area contributed by atoms with E-state index in [1.54, 1.807) is 25.3 Å². The van der Waals surface area contributed by atoms with Crippen molar-refractivity contribution < 1.29 is 9.53 Å². The number of hydrogen-bond donors (Lipinski definition) is 0. The number of aromatic nitrogens is 2. The monoisotopic (exact) mass is 333 g/mol. The van der Waals surface area contributed by atoms with Crippen molar-refractivity contribution in [2.24, 2.45) is 0 Å². The predicted molar refractivity (Wildman–Crippen MR) is 90.5 cm³/mol. The molecule has 1 aromatic heterocycles. The van der Waals surface area contributed by atoms with Crippen LogP contribution >= 0.6 is 11.6 Å². The Labute approximate surface area is 141 Å². The zero-order valence-corrected chi connectivity index (χ0v) is 14.1. The lowest BCUT2D eigenvalue weighted by atomic mass is 10.1. The highest BCUT2D eigenvalue weighted by atomic mass is 35.5. The van der Waals surface area contributed by atoms with Crippen LogP contribution in [-0.2, 0) is 11.3 Å². The first-order valence-electron chi connectivity index (χ1n) is 7.31. The van der Waals surface area contributed by atoms with Crippen LogP contribution in [-0.4, -0.2) is 29.8 Å². The average molecular weight is 334 g/mol. The fourth-order valence-electron chi connectivity index (χ4n) is 1.80. The Hall–Kier alpha value is -2.16. The largest absolute Gasteiger partial charge is 0.385 e. The summed E-state index contributed by atoms with van der Waals surface area (Å²) >= 11 is 5.88. The van der Waals surface area contributed by atoms with E-state index in [0.717, 1.165) is 12.2 Å². The van der Waals surface area contributed by atoms with E-state index in [2.05, 4.69) is 12.0 Å². The van der Waals surface area contributed by atoms with Crippen LogP contribution in [0.1, 0.15) is 30.3 Å². The molecule has 0 fully saturated rings. The molecule has 122 valence electrons. The van der Waals surface area contributed by atoms with E-state index in [-0.39, 0.29) is 6.54 Å². The molecular weight excluding hydrogens is 314 g/mol. The highest BCUT2D eigenvalue weighted by Crippen LogP contribution is 2.22. The van der Waals surface area contributed by atoms with Gasteiger partial charge in [0.15, 0.2) is 6.29 Å². The lowest BCUT2D eigenvalue weighted by Crippen LogP contribution is -2.02. The summed E-state index contributed by atoms with van der Waals surface area (Å²) in [5.74, 6) is 0. The molecule has 0 N–H and O–H groups in total. The van der Waals surface area contributed by atoms with Crippen molar-refractivity contribution >= 4 is 17.9 Å². The van der Waals surface area contributed by atoms with Gasteiger partial charge in [-0.3, -0.25) is 4.79 Å². The quantitative estimate of drug-likeness (QED) is 0.592. The van der Waals surface area contributed by atoms with Gasteiger partial charge in [-0.2, -0.15) is 10.4 Å². The summed E-state index contributed by atoms with van der Waals surface area (Å²) in [5, 5.41) is 13.4. The SMILES string of the molecule is CCCCOC.N#CCn1nc(-c2cccc(Cl)c2)cc1C=O. The van der Waals surface area contributed by atoms with Crippen molar-refractivity contribution in [1.82, 2.24) is 9.78 Å². The van der Waals surface area contributed by atoms with Gasteiger partial charge >= 0.3 is 0 Å². The van der Waals surface area contributed by atoms with Gasteiger partial charge in [-0.05, 0) is 24.6 Å². The smallest absolute Gasteiger partial charge is 0.168 e. The Kier molecular flexibility index (Phi) is 8.66. The summed E-state index contributed by atoms with van der Waals surface area (Å²) in [7, 11) is 1.73. The van der Waals surface area contributed by atoms with Crippen LogP contribution in [0.3, 0.4) is 0 Å². The molecule has 6 heteroatoms. The third-order valence-electron chi connectivity index (χ3n) is 2.97. The van der Waals surface area contributed by atoms with Gasteiger partial charge in [0.2, 0.25) is 0 Å². The van der Waals surface area contributed by atoms with Crippen LogP contribution in [0.15, 0.2) is 30.3 Å². The molecule has 0 saturated carbocycles. The molecule has 0 aliphatic heterocycles. The Morgan fingerprint density at radius 3 is 2.74 bits per heavy atom. The van der Waals surface area contributed by atoms with Gasteiger partial charge < -0.3 is 4.74 Å². The molecule has 0 atom stereocenters. The van der Waals surface area contributed by atoms with Crippen molar-refractivity contribution in [2.75, 3.05) is 13.7 Å². The summed E-state index contributed by atoms with van der Waals surface area (Å²) in [5.41, 5.74) is 1.82. The summed E-state index contributed by atoms with van der Waals surface area (Å²) < 4.78 is 6.15. The zero-order chi connectivity index (χ0) is 17.1. The van der Waals surface area contributed by atoms with Gasteiger partial charge in [0, 0.05) is 24.3 Å². The maximum Gasteiger partial charge on any atom is 0.168 e. The molecule has 0 unspecified atom stereocenters. The second-order valence-electron chi connectivity index (χ2n) is 4.74. The summed E-state index contributed by atoms with van der Waals surface area (Å²) in [6.07, 6.45) is 3.10. The van der Waals surface area contributed by atoms with Gasteiger partial charge in [0.1, 0.15) is 12.2 Å². The fourth-order valence-corrected chi connectivity index (χ4v) is 1.99. The maximum atomic E-state index is 10.8. The minimum absolute atomic E-state index is 0.0502. The van der Waals surface area contributed by atoms with E-state index in [4.69, 9.17) is 21.6 Å². The standard InChI is InChI=1S/C12H8ClN3O.C5H12O/c13-10-3-1-2-9(6-10)12-7-11(8-17)16(15-12)5-4-14;1-3-4-5-6-2/h1-3,6-8H,5H2;3-5H2,1-2H3. The van der Waals surface area contributed by atoms with E-state index < -0.39 is 0 Å². The van der Waals surface area contributed by atoms with Gasteiger partial charge in [0.05, 0.1) is 11.8 Å². The molecule has 0 saturated heterocycles. The molecule has 0 aliphatic carbocycles. The van der Waals surface area contributed by atoms with Crippen LogP contribution in [0, 0.1) is 11.3 Å². The second-order valence-corrected chi connectivity index (χ2v) is 5.18. The molecule has 0 spiro atoms. The highest BCUT2D eigenvalue weighted by Gasteiger charge is 2.08. The lowest BCUT2D eigenvalue weighted by Gasteiger charge is -1.97. The van der Waals surface area contributed by atoms with Gasteiger partial charge in [-0.1, -0.05) is 37.1 Å². The van der Waals surface area contributed by atoms with Crippen molar-refractivity contribution in [3.63, 3.8) is 0 Å². The topological polar surface area (TPSA) is 67.9 Å². The van der Waals surface area contributed by atoms with Crippen LogP contribution in [0.4, 0.5) is 0 Å². The van der Waals surface area contributed by atoms with Crippen LogP contribution in [0.25, 0.3) is 11.3 Å². The molecule has 23 heavy (non-hydrogen) atoms. The van der Waals surface area contributed by atoms with Crippen LogP contribution < -0.4 is 0 Å². The number of unbranched alkanes of at least 4 members (excludes halogenated alkanes) is 1. The number of rotatable bonds is 6. The number of nitrogens with zero attached hydrogens (tertiary/aromatic N) is 3. The van der Waals surface area contributed by atoms with E-state index in [9.17, 15) is 4.79 Å². The molecule has 1 aromatic carbocycles. The minimum atomic E-state index is 0.0502. The molecule has 2 aromatic rings. The second kappa shape index (κ2) is 10.5. The zero-order valence-electron chi connectivity index (χ0n) is 13.3. The molecule has 2 rings (SSSR count). The Morgan fingerprint density at radius 2 is 2.22 bits per heavy atom. The van der Waals surface area contributed by atoms with Crippen molar-refractivity contribution in [3.05, 3.63) is 41.0 Å². The van der Waals surface area contributed by atoms with E-state index in [0.29, 0.717) is 22.7 Å². The van der Waals surface area contributed by atoms with Crippen LogP contribution in [0.5, 0.6) is 0 Å². The normalized spacial score (nSPS) is 9.65. The molecule has 0 bridgehead atoms. The third kappa shape index (κ3) is 6.23. The first-order valence-corrected chi connectivity index (χ1v) is 7.68. The summed E-state index contributed by atoms with van der Waals surface area (Å²) in [6, 6.07) is 10.8. The number of benzene rings is 1. The predicted octanol–water partition coefficient (Wildman–Crippen LogP) is 3.97. The van der Waals surface area contributed by atoms with E-state index in [1.165, 1.54) is 17.5 Å². The Morgan fingerprint density at radius 1 is 1.43 bits per heavy atom.